The molecule has 1 heterocycles. The molecule has 2 aromatic rings. The van der Waals surface area contributed by atoms with Gasteiger partial charge in [0.05, 0.1) is 11.7 Å². The van der Waals surface area contributed by atoms with Crippen molar-refractivity contribution >= 4 is 22.7 Å². The van der Waals surface area contributed by atoms with Crippen LogP contribution in [0.4, 0.5) is 0 Å². The summed E-state index contributed by atoms with van der Waals surface area (Å²) in [5, 5.41) is 18.5. The van der Waals surface area contributed by atoms with E-state index < -0.39 is 0 Å². The zero-order chi connectivity index (χ0) is 9.26. The van der Waals surface area contributed by atoms with E-state index in [2.05, 4.69) is 15.6 Å². The number of hydrogen-bond acceptors (Lipinski definition) is 3. The maximum atomic E-state index is 8.56. The van der Waals surface area contributed by atoms with Crippen molar-refractivity contribution in [2.75, 3.05) is 0 Å². The van der Waals surface area contributed by atoms with E-state index in [4.69, 9.17) is 5.26 Å². The summed E-state index contributed by atoms with van der Waals surface area (Å²) in [7, 11) is 0. The zero-order valence-electron chi connectivity index (χ0n) is 7.03. The molecule has 1 aromatic heterocycles. The minimum Gasteiger partial charge on any atom is -0.278 e. The van der Waals surface area contributed by atoms with Gasteiger partial charge in [0.15, 0.2) is 0 Å². The molecule has 64 valence electrons. The van der Waals surface area contributed by atoms with Crippen LogP contribution in [0.25, 0.3) is 10.9 Å². The molecule has 0 spiro atoms. The van der Waals surface area contributed by atoms with Gasteiger partial charge in [0.1, 0.15) is 5.40 Å². The average molecular weight is 189 g/mol. The van der Waals surface area contributed by atoms with Gasteiger partial charge in [0.25, 0.3) is 0 Å². The Morgan fingerprint density at radius 1 is 1.54 bits per heavy atom. The molecule has 0 aliphatic rings. The summed E-state index contributed by atoms with van der Waals surface area (Å²) in [6.07, 6.45) is 1.78. The number of H-pyrrole nitrogens is 1. The predicted molar refractivity (Wildman–Crippen MR) is 52.3 cm³/mol. The fourth-order valence-electron chi connectivity index (χ4n) is 1.30. The number of nitriles is 1. The third kappa shape index (κ3) is 1.27. The number of nitrogens with zero attached hydrogens (tertiary/aromatic N) is 2. The molecule has 2 rings (SSSR count). The minimum atomic E-state index is 0.997. The largest absolute Gasteiger partial charge is 0.278 e. The molecule has 3 nitrogen and oxygen atoms in total. The molecule has 0 radical (unpaired) electrons. The second-order valence-electron chi connectivity index (χ2n) is 2.71. The maximum absolute atomic E-state index is 8.56. The van der Waals surface area contributed by atoms with Crippen LogP contribution in [0.2, 0.25) is 0 Å². The molecule has 0 atom stereocenters. The van der Waals surface area contributed by atoms with E-state index in [0.717, 1.165) is 21.4 Å². The normalized spacial score (nSPS) is 10.2. The lowest BCUT2D eigenvalue weighted by Crippen LogP contribution is -1.79. The first-order chi connectivity index (χ1) is 6.33. The first-order valence-electron chi connectivity index (χ1n) is 3.81. The average Bonchev–Trinajstić information content (AvgIpc) is 2.58. The first-order valence-corrected chi connectivity index (χ1v) is 4.63. The second-order valence-corrected chi connectivity index (χ2v) is 3.54. The highest BCUT2D eigenvalue weighted by atomic mass is 32.2. The number of aromatic nitrogens is 2. The fraction of sp³-hybridized carbons (Fsp3) is 0.111. The van der Waals surface area contributed by atoms with E-state index >= 15 is 0 Å². The van der Waals surface area contributed by atoms with Crippen molar-refractivity contribution in [3.63, 3.8) is 0 Å². The van der Waals surface area contributed by atoms with Gasteiger partial charge in [-0.05, 0) is 36.4 Å². The molecule has 1 aromatic carbocycles. The second kappa shape index (κ2) is 3.11. The van der Waals surface area contributed by atoms with E-state index in [1.165, 1.54) is 11.8 Å². The number of thioether (sulfide) groups is 1. The van der Waals surface area contributed by atoms with E-state index in [0.29, 0.717) is 0 Å². The van der Waals surface area contributed by atoms with Crippen LogP contribution in [-0.2, 0) is 0 Å². The Hall–Kier alpha value is -1.47. The van der Waals surface area contributed by atoms with Crippen molar-refractivity contribution in [3.05, 3.63) is 23.9 Å². The van der Waals surface area contributed by atoms with Crippen LogP contribution in [0.1, 0.15) is 5.56 Å². The van der Waals surface area contributed by atoms with Crippen molar-refractivity contribution in [2.45, 2.75) is 11.8 Å². The van der Waals surface area contributed by atoms with Crippen LogP contribution in [0.15, 0.2) is 23.2 Å². The monoisotopic (exact) mass is 189 g/mol. The number of fused-ring (bicyclic) bond motifs is 1. The van der Waals surface area contributed by atoms with Crippen molar-refractivity contribution in [3.8, 4) is 5.40 Å². The fourth-order valence-corrected chi connectivity index (χ4v) is 1.80. The minimum absolute atomic E-state index is 0.997. The Morgan fingerprint density at radius 2 is 2.38 bits per heavy atom. The highest BCUT2D eigenvalue weighted by Crippen LogP contribution is 2.26. The Labute approximate surface area is 79.8 Å². The van der Waals surface area contributed by atoms with Crippen LogP contribution in [-0.4, -0.2) is 10.2 Å². The zero-order valence-corrected chi connectivity index (χ0v) is 7.85. The van der Waals surface area contributed by atoms with Crippen molar-refractivity contribution < 1.29 is 0 Å². The maximum Gasteiger partial charge on any atom is 0.138 e. The Balaban J connectivity index is 2.67. The summed E-state index contributed by atoms with van der Waals surface area (Å²) in [5.74, 6) is 0. The van der Waals surface area contributed by atoms with Gasteiger partial charge in [-0.3, -0.25) is 5.10 Å². The molecule has 0 saturated heterocycles. The third-order valence-corrected chi connectivity index (χ3v) is 2.75. The summed E-state index contributed by atoms with van der Waals surface area (Å²) in [6.45, 7) is 2.00. The van der Waals surface area contributed by atoms with Gasteiger partial charge >= 0.3 is 0 Å². The van der Waals surface area contributed by atoms with Crippen LogP contribution in [0.5, 0.6) is 0 Å². The number of thiocyanates is 1. The molecule has 0 fully saturated rings. The molecule has 1 N–H and O–H groups in total. The molecule has 0 bridgehead atoms. The van der Waals surface area contributed by atoms with Crippen LogP contribution in [0, 0.1) is 17.6 Å². The molecular formula is C9H7N3S. The molecule has 0 aliphatic carbocycles. The summed E-state index contributed by atoms with van der Waals surface area (Å²) < 4.78 is 0. The lowest BCUT2D eigenvalue weighted by molar-refractivity contribution is 1.12. The number of rotatable bonds is 1. The van der Waals surface area contributed by atoms with E-state index in [-0.39, 0.29) is 0 Å². The SMILES string of the molecule is Cc1c(SC#N)ccc2[nH]ncc12. The van der Waals surface area contributed by atoms with Gasteiger partial charge < -0.3 is 0 Å². The summed E-state index contributed by atoms with van der Waals surface area (Å²) >= 11 is 1.18. The summed E-state index contributed by atoms with van der Waals surface area (Å²) in [5.41, 5.74) is 2.12. The highest BCUT2D eigenvalue weighted by molar-refractivity contribution is 8.03. The summed E-state index contributed by atoms with van der Waals surface area (Å²) in [6, 6.07) is 3.87. The van der Waals surface area contributed by atoms with Crippen molar-refractivity contribution in [2.24, 2.45) is 0 Å². The van der Waals surface area contributed by atoms with Gasteiger partial charge in [0, 0.05) is 10.3 Å². The summed E-state index contributed by atoms with van der Waals surface area (Å²) in [4.78, 5) is 0.997. The van der Waals surface area contributed by atoms with E-state index in [9.17, 15) is 0 Å². The van der Waals surface area contributed by atoms with Crippen molar-refractivity contribution in [1.82, 2.24) is 10.2 Å². The number of benzene rings is 1. The molecular weight excluding hydrogens is 182 g/mol. The molecule has 0 aliphatic heterocycles. The molecule has 0 saturated carbocycles. The van der Waals surface area contributed by atoms with E-state index in [1.807, 2.05) is 19.1 Å². The van der Waals surface area contributed by atoms with Gasteiger partial charge in [0.2, 0.25) is 0 Å². The molecule has 4 heteroatoms. The number of aromatic amines is 1. The molecule has 13 heavy (non-hydrogen) atoms. The number of nitrogens with one attached hydrogen (secondary N) is 1. The van der Waals surface area contributed by atoms with Crippen LogP contribution in [0.3, 0.4) is 0 Å². The first kappa shape index (κ1) is 8.14. The predicted octanol–water partition coefficient (Wildman–Crippen LogP) is 2.44. The van der Waals surface area contributed by atoms with Gasteiger partial charge in [-0.2, -0.15) is 10.4 Å². The topological polar surface area (TPSA) is 52.5 Å². The van der Waals surface area contributed by atoms with Gasteiger partial charge in [-0.25, -0.2) is 0 Å². The van der Waals surface area contributed by atoms with Crippen LogP contribution >= 0.6 is 11.8 Å². The number of aryl methyl sites for hydroxylation is 1. The van der Waals surface area contributed by atoms with Gasteiger partial charge in [-0.15, -0.1) is 0 Å². The van der Waals surface area contributed by atoms with Crippen LogP contribution < -0.4 is 0 Å². The quantitative estimate of drug-likeness (QED) is 0.553. The Bertz CT molecular complexity index is 481. The highest BCUT2D eigenvalue weighted by Gasteiger charge is 2.04. The van der Waals surface area contributed by atoms with Gasteiger partial charge in [-0.1, -0.05) is 0 Å². The van der Waals surface area contributed by atoms with Crippen molar-refractivity contribution in [1.29, 1.82) is 5.26 Å². The standard InChI is InChI=1S/C9H7N3S/c1-6-7-4-11-12-8(7)2-3-9(6)13-5-10/h2-4H,1H3,(H,11,12). The lowest BCUT2D eigenvalue weighted by Gasteiger charge is -2.00. The molecule has 0 amide bonds. The Kier molecular flexibility index (Phi) is 1.95. The Morgan fingerprint density at radius 3 is 3.15 bits per heavy atom. The van der Waals surface area contributed by atoms with E-state index in [1.54, 1.807) is 6.20 Å². The smallest absolute Gasteiger partial charge is 0.138 e. The molecule has 0 unspecified atom stereocenters. The lowest BCUT2D eigenvalue weighted by atomic mass is 10.1. The third-order valence-electron chi connectivity index (χ3n) is 2.00. The number of hydrogen-bond donors (Lipinski definition) is 1.